The van der Waals surface area contributed by atoms with Gasteiger partial charge in [0.15, 0.2) is 0 Å². The molecule has 46 valence electrons. The van der Waals surface area contributed by atoms with Crippen LogP contribution in [0.4, 0.5) is 0 Å². The monoisotopic (exact) mass is 105 g/mol. The van der Waals surface area contributed by atoms with Gasteiger partial charge in [0.2, 0.25) is 0 Å². The molecule has 0 amide bonds. The van der Waals surface area contributed by atoms with Crippen LogP contribution in [0.3, 0.4) is 0 Å². The van der Waals surface area contributed by atoms with Crippen molar-refractivity contribution >= 4 is 0 Å². The molecule has 1 fully saturated rings. The minimum absolute atomic E-state index is 0. The molecule has 1 aliphatic heterocycles. The minimum Gasteiger partial charge on any atom is -0.381 e. The second-order valence-electron chi connectivity index (χ2n) is 1.32. The maximum absolute atomic E-state index is 4.94. The maximum atomic E-state index is 4.94. The van der Waals surface area contributed by atoms with Gasteiger partial charge in [-0.1, -0.05) is 0 Å². The summed E-state index contributed by atoms with van der Waals surface area (Å²) in [5, 5.41) is 0. The molecular formula is C5H15NO. The highest BCUT2D eigenvalue weighted by Gasteiger charge is 1.94. The Balaban J connectivity index is 0. The van der Waals surface area contributed by atoms with Crippen molar-refractivity contribution in [3.63, 3.8) is 0 Å². The summed E-state index contributed by atoms with van der Waals surface area (Å²) in [6, 6.07) is 0. The fourth-order valence-corrected chi connectivity index (χ4v) is 0.510. The molecule has 0 saturated carbocycles. The van der Waals surface area contributed by atoms with E-state index in [1.807, 2.05) is 0 Å². The van der Waals surface area contributed by atoms with Crippen LogP contribution in [-0.2, 0) is 4.74 Å². The average molecular weight is 105 g/mol. The van der Waals surface area contributed by atoms with Crippen molar-refractivity contribution in [3.05, 3.63) is 0 Å². The lowest BCUT2D eigenvalue weighted by Crippen LogP contribution is -1.74. The summed E-state index contributed by atoms with van der Waals surface area (Å²) in [6.07, 6.45) is 2.56. The second kappa shape index (κ2) is 5.92. The van der Waals surface area contributed by atoms with E-state index in [0.29, 0.717) is 0 Å². The molecular weight excluding hydrogens is 90.1 g/mol. The molecule has 2 heteroatoms. The summed E-state index contributed by atoms with van der Waals surface area (Å²) in [6.45, 7) is 2.00. The molecule has 0 atom stereocenters. The zero-order valence-corrected chi connectivity index (χ0v) is 4.81. The maximum Gasteiger partial charge on any atom is 0.0466 e. The van der Waals surface area contributed by atoms with Crippen molar-refractivity contribution in [2.45, 2.75) is 12.8 Å². The van der Waals surface area contributed by atoms with Gasteiger partial charge in [0.05, 0.1) is 0 Å². The number of rotatable bonds is 0. The molecule has 0 aromatic heterocycles. The predicted molar refractivity (Wildman–Crippen MR) is 32.3 cm³/mol. The normalized spacial score (nSPS) is 18.0. The van der Waals surface area contributed by atoms with Crippen LogP contribution in [0.25, 0.3) is 0 Å². The van der Waals surface area contributed by atoms with Gasteiger partial charge in [0.25, 0.3) is 0 Å². The molecule has 2 N–H and O–H groups in total. The standard InChI is InChI=1S/C4H8O.CH5N.H2/c1-2-4-5-3-1;1-2;/h1-4H2;2H2,1H3;1H. The number of nitrogens with two attached hydrogens (primary N) is 1. The molecule has 0 aromatic rings. The van der Waals surface area contributed by atoms with E-state index >= 15 is 0 Å². The molecule has 1 saturated heterocycles. The fourth-order valence-electron chi connectivity index (χ4n) is 0.510. The van der Waals surface area contributed by atoms with Crippen molar-refractivity contribution in [3.8, 4) is 0 Å². The van der Waals surface area contributed by atoms with Crippen LogP contribution >= 0.6 is 0 Å². The van der Waals surface area contributed by atoms with Gasteiger partial charge in [-0.05, 0) is 19.9 Å². The topological polar surface area (TPSA) is 35.2 Å². The van der Waals surface area contributed by atoms with E-state index < -0.39 is 0 Å². The fraction of sp³-hybridized carbons (Fsp3) is 1.00. The first-order chi connectivity index (χ1) is 3.50. The summed E-state index contributed by atoms with van der Waals surface area (Å²) in [5.74, 6) is 0. The number of hydrogen-bond donors (Lipinski definition) is 1. The first-order valence-corrected chi connectivity index (χ1v) is 2.65. The molecule has 1 heterocycles. The zero-order chi connectivity index (χ0) is 5.54. The highest BCUT2D eigenvalue weighted by atomic mass is 16.5. The molecule has 1 aliphatic rings. The SMILES string of the molecule is C1CCOC1.CN.[HH]. The third-order valence-electron chi connectivity index (χ3n) is 0.827. The van der Waals surface area contributed by atoms with Crippen molar-refractivity contribution in [2.75, 3.05) is 20.3 Å². The number of hydrogen-bond acceptors (Lipinski definition) is 2. The molecule has 2 nitrogen and oxygen atoms in total. The van der Waals surface area contributed by atoms with E-state index in [9.17, 15) is 0 Å². The third kappa shape index (κ3) is 3.76. The van der Waals surface area contributed by atoms with E-state index in [1.54, 1.807) is 0 Å². The van der Waals surface area contributed by atoms with E-state index in [0.717, 1.165) is 13.2 Å². The van der Waals surface area contributed by atoms with Crippen LogP contribution in [0.15, 0.2) is 0 Å². The van der Waals surface area contributed by atoms with Gasteiger partial charge in [-0.15, -0.1) is 0 Å². The molecule has 1 rings (SSSR count). The van der Waals surface area contributed by atoms with Crippen LogP contribution in [0, 0.1) is 0 Å². The Kier molecular flexibility index (Phi) is 5.85. The molecule has 0 radical (unpaired) electrons. The van der Waals surface area contributed by atoms with Crippen LogP contribution < -0.4 is 5.73 Å². The van der Waals surface area contributed by atoms with Crippen LogP contribution in [0.2, 0.25) is 0 Å². The summed E-state index contributed by atoms with van der Waals surface area (Å²) < 4.78 is 4.94. The largest absolute Gasteiger partial charge is 0.381 e. The molecule has 7 heavy (non-hydrogen) atoms. The highest BCUT2D eigenvalue weighted by Crippen LogP contribution is 1.98. The molecule has 0 aliphatic carbocycles. The summed E-state index contributed by atoms with van der Waals surface area (Å²) >= 11 is 0. The highest BCUT2D eigenvalue weighted by molar-refractivity contribution is 4.43. The second-order valence-corrected chi connectivity index (χ2v) is 1.32. The molecule has 0 aromatic carbocycles. The Bertz CT molecular complexity index is 24.0. The number of ether oxygens (including phenoxy) is 1. The summed E-state index contributed by atoms with van der Waals surface area (Å²) in [4.78, 5) is 0. The first-order valence-electron chi connectivity index (χ1n) is 2.65. The Labute approximate surface area is 46.1 Å². The lowest BCUT2D eigenvalue weighted by molar-refractivity contribution is 0.198. The Hall–Kier alpha value is -0.0800. The van der Waals surface area contributed by atoms with E-state index in [4.69, 9.17) is 4.74 Å². The quantitative estimate of drug-likeness (QED) is 0.490. The van der Waals surface area contributed by atoms with E-state index in [2.05, 4.69) is 5.73 Å². The smallest absolute Gasteiger partial charge is 0.0466 e. The van der Waals surface area contributed by atoms with E-state index in [1.165, 1.54) is 19.9 Å². The van der Waals surface area contributed by atoms with Crippen molar-refractivity contribution in [1.82, 2.24) is 0 Å². The van der Waals surface area contributed by atoms with Gasteiger partial charge >= 0.3 is 0 Å². The Morgan fingerprint density at radius 2 is 1.71 bits per heavy atom. The van der Waals surface area contributed by atoms with Crippen LogP contribution in [-0.4, -0.2) is 20.3 Å². The molecule has 0 spiro atoms. The Morgan fingerprint density at radius 3 is 1.86 bits per heavy atom. The molecule has 0 unspecified atom stereocenters. The van der Waals surface area contributed by atoms with Crippen molar-refractivity contribution < 1.29 is 6.16 Å². The zero-order valence-electron chi connectivity index (χ0n) is 4.81. The van der Waals surface area contributed by atoms with Crippen LogP contribution in [0.1, 0.15) is 14.3 Å². The van der Waals surface area contributed by atoms with Crippen LogP contribution in [0.5, 0.6) is 0 Å². The van der Waals surface area contributed by atoms with Gasteiger partial charge in [0, 0.05) is 14.6 Å². The van der Waals surface area contributed by atoms with Gasteiger partial charge in [-0.3, -0.25) is 0 Å². The first kappa shape index (κ1) is 6.92. The van der Waals surface area contributed by atoms with E-state index in [-0.39, 0.29) is 1.43 Å². The van der Waals surface area contributed by atoms with Gasteiger partial charge < -0.3 is 10.5 Å². The van der Waals surface area contributed by atoms with Crippen molar-refractivity contribution in [1.29, 1.82) is 0 Å². The minimum atomic E-state index is 0. The lowest BCUT2D eigenvalue weighted by atomic mass is 10.4. The summed E-state index contributed by atoms with van der Waals surface area (Å²) in [5.41, 5.74) is 4.50. The molecule has 0 bridgehead atoms. The Morgan fingerprint density at radius 1 is 1.29 bits per heavy atom. The average Bonchev–Trinajstić information content (AvgIpc) is 2.23. The third-order valence-corrected chi connectivity index (χ3v) is 0.827. The van der Waals surface area contributed by atoms with Crippen molar-refractivity contribution in [2.24, 2.45) is 5.73 Å². The van der Waals surface area contributed by atoms with Gasteiger partial charge in [0.1, 0.15) is 0 Å². The predicted octanol–water partition coefficient (Wildman–Crippen LogP) is 0.618. The lowest BCUT2D eigenvalue weighted by Gasteiger charge is -1.76. The summed E-state index contributed by atoms with van der Waals surface area (Å²) in [7, 11) is 1.50. The van der Waals surface area contributed by atoms with Gasteiger partial charge in [-0.25, -0.2) is 0 Å². The van der Waals surface area contributed by atoms with Gasteiger partial charge in [-0.2, -0.15) is 0 Å².